The van der Waals surface area contributed by atoms with Gasteiger partial charge in [0.25, 0.3) is 0 Å². The number of aromatic nitrogens is 4. The molecule has 0 bridgehead atoms. The minimum atomic E-state index is -2.76. The van der Waals surface area contributed by atoms with Crippen molar-refractivity contribution >= 4 is 37.1 Å². The predicted molar refractivity (Wildman–Crippen MR) is 144 cm³/mol. The number of para-hydroxylation sites is 1. The Morgan fingerprint density at radius 3 is 2.76 bits per heavy atom. The number of rotatable bonds is 11. The average molecular weight is 593 g/mol. The highest BCUT2D eigenvalue weighted by Crippen LogP contribution is 2.43. The van der Waals surface area contributed by atoms with Gasteiger partial charge in [0.2, 0.25) is 5.95 Å². The summed E-state index contributed by atoms with van der Waals surface area (Å²) in [7, 11) is -1.59. The van der Waals surface area contributed by atoms with Crippen LogP contribution < -0.4 is 15.6 Å². The molecular formula is C25H32FN7O7P+. The Balaban J connectivity index is 1.35. The number of carbonyl (C=O) groups is 1. The number of imidazole rings is 1. The summed E-state index contributed by atoms with van der Waals surface area (Å²) in [5, 5.41) is 14.2. The molecule has 1 aliphatic carbocycles. The van der Waals surface area contributed by atoms with E-state index in [1.54, 1.807) is 30.3 Å². The van der Waals surface area contributed by atoms with Crippen LogP contribution in [0, 0.1) is 0 Å². The number of methoxy groups -OCH3 is 1. The lowest BCUT2D eigenvalue weighted by atomic mass is 9.93. The number of alkyl halides is 1. The topological polar surface area (TPSA) is 176 Å². The fourth-order valence-electron chi connectivity index (χ4n) is 4.62. The van der Waals surface area contributed by atoms with Crippen LogP contribution in [-0.2, 0) is 23.7 Å². The molecule has 14 nitrogen and oxygen atoms in total. The lowest BCUT2D eigenvalue weighted by molar-refractivity contribution is -0.179. The van der Waals surface area contributed by atoms with E-state index in [1.165, 1.54) is 31.9 Å². The number of fused-ring (bicyclic) bond motifs is 1. The first-order valence-electron chi connectivity index (χ1n) is 13.1. The molecule has 1 saturated carbocycles. The lowest BCUT2D eigenvalue weighted by Crippen LogP contribution is -2.42. The second-order valence-electron chi connectivity index (χ2n) is 10.1. The van der Waals surface area contributed by atoms with Crippen LogP contribution in [0.2, 0.25) is 0 Å². The standard InChI is InChI=1S/C25H32FN7O7P/c1-14(22(35)37-3)33(41(36)40-16-10-5-4-6-11-16)38-12-17-19(34)25(2,26)23(39-17)32-13-28-18-20(29-15-8-7-9-15)30-24(27)31-21(18)32/h4-6,10-11,13-15,17,19,23,34H,7-9,12H2,1-3H3,(H3,27,29,30,31)/q+1/t14-,17+,19+,23+,25+/m0/s1. The van der Waals surface area contributed by atoms with E-state index < -0.39 is 50.9 Å². The van der Waals surface area contributed by atoms with Crippen molar-refractivity contribution in [2.75, 3.05) is 24.8 Å². The van der Waals surface area contributed by atoms with Gasteiger partial charge in [0.15, 0.2) is 40.7 Å². The molecule has 2 fully saturated rings. The number of nitrogens with one attached hydrogen (secondary N) is 1. The van der Waals surface area contributed by atoms with Crippen LogP contribution in [-0.4, -0.2) is 79.1 Å². The minimum absolute atomic E-state index is 0.0327. The number of ether oxygens (including phenoxy) is 2. The summed E-state index contributed by atoms with van der Waals surface area (Å²) < 4.78 is 46.6. The number of halogens is 1. The molecule has 1 saturated heterocycles. The van der Waals surface area contributed by atoms with Crippen LogP contribution in [0.25, 0.3) is 11.2 Å². The molecule has 1 aliphatic heterocycles. The summed E-state index contributed by atoms with van der Waals surface area (Å²) in [4.78, 5) is 31.6. The number of hydrogen-bond donors (Lipinski definition) is 3. The number of nitrogen functional groups attached to an aromatic ring is 1. The van der Waals surface area contributed by atoms with Gasteiger partial charge in [-0.15, -0.1) is 0 Å². The molecule has 220 valence electrons. The lowest BCUT2D eigenvalue weighted by Gasteiger charge is -2.27. The number of aliphatic hydroxyl groups excluding tert-OH is 1. The quantitative estimate of drug-likeness (QED) is 0.168. The van der Waals surface area contributed by atoms with Gasteiger partial charge in [0.05, 0.1) is 18.3 Å². The van der Waals surface area contributed by atoms with Crippen molar-refractivity contribution in [1.82, 2.24) is 24.4 Å². The van der Waals surface area contributed by atoms with Crippen molar-refractivity contribution in [2.45, 2.75) is 69.3 Å². The third-order valence-electron chi connectivity index (χ3n) is 7.19. The molecule has 1 unspecified atom stereocenters. The van der Waals surface area contributed by atoms with Gasteiger partial charge in [-0.2, -0.15) is 9.97 Å². The molecular weight excluding hydrogens is 560 g/mol. The summed E-state index contributed by atoms with van der Waals surface area (Å²) in [6.45, 7) is 2.11. The minimum Gasteiger partial charge on any atom is -0.468 e. The van der Waals surface area contributed by atoms with Crippen LogP contribution in [0.5, 0.6) is 5.75 Å². The molecule has 16 heteroatoms. The first-order valence-corrected chi connectivity index (χ1v) is 14.2. The molecule has 0 radical (unpaired) electrons. The molecule has 1 aromatic carbocycles. The molecule has 3 heterocycles. The number of anilines is 2. The Bertz CT molecular complexity index is 1410. The van der Waals surface area contributed by atoms with E-state index in [9.17, 15) is 14.5 Å². The van der Waals surface area contributed by atoms with Gasteiger partial charge in [0.1, 0.15) is 18.8 Å². The maximum absolute atomic E-state index is 16.1. The highest BCUT2D eigenvalue weighted by molar-refractivity contribution is 7.36. The zero-order valence-electron chi connectivity index (χ0n) is 22.7. The number of hydrogen-bond acceptors (Lipinski definition) is 12. The Labute approximate surface area is 235 Å². The first-order chi connectivity index (χ1) is 19.6. The number of nitrogens with two attached hydrogens (primary N) is 1. The van der Waals surface area contributed by atoms with Crippen molar-refractivity contribution in [3.05, 3.63) is 36.7 Å². The van der Waals surface area contributed by atoms with Crippen LogP contribution in [0.1, 0.15) is 39.3 Å². The molecule has 2 aromatic heterocycles. The van der Waals surface area contributed by atoms with Gasteiger partial charge < -0.3 is 25.6 Å². The van der Waals surface area contributed by atoms with Crippen LogP contribution in [0.3, 0.4) is 0 Å². The van der Waals surface area contributed by atoms with Gasteiger partial charge in [-0.3, -0.25) is 14.2 Å². The van der Waals surface area contributed by atoms with Crippen molar-refractivity contribution in [3.63, 3.8) is 0 Å². The van der Waals surface area contributed by atoms with Crippen LogP contribution >= 0.6 is 8.18 Å². The van der Waals surface area contributed by atoms with Crippen molar-refractivity contribution in [1.29, 1.82) is 0 Å². The van der Waals surface area contributed by atoms with E-state index in [0.717, 1.165) is 24.1 Å². The molecule has 6 atom stereocenters. The van der Waals surface area contributed by atoms with E-state index in [1.807, 2.05) is 0 Å². The predicted octanol–water partition coefficient (Wildman–Crippen LogP) is 2.89. The fourth-order valence-corrected chi connectivity index (χ4v) is 5.55. The summed E-state index contributed by atoms with van der Waals surface area (Å²) >= 11 is 0. The van der Waals surface area contributed by atoms with E-state index >= 15 is 4.39 Å². The van der Waals surface area contributed by atoms with Crippen LogP contribution in [0.15, 0.2) is 36.7 Å². The number of esters is 1. The Hall–Kier alpha value is -3.49. The third-order valence-corrected chi connectivity index (χ3v) is 8.34. The highest BCUT2D eigenvalue weighted by Gasteiger charge is 2.56. The third kappa shape index (κ3) is 5.81. The zero-order valence-corrected chi connectivity index (χ0v) is 23.6. The number of hydroxylamine groups is 1. The summed E-state index contributed by atoms with van der Waals surface area (Å²) in [6, 6.07) is 7.35. The number of nitrogens with zero attached hydrogens (tertiary/aromatic N) is 5. The molecule has 41 heavy (non-hydrogen) atoms. The summed E-state index contributed by atoms with van der Waals surface area (Å²) in [5.41, 5.74) is 4.22. The van der Waals surface area contributed by atoms with Gasteiger partial charge in [-0.25, -0.2) is 13.9 Å². The second-order valence-corrected chi connectivity index (χ2v) is 11.1. The smallest absolute Gasteiger partial charge is 0.468 e. The second kappa shape index (κ2) is 11.8. The van der Waals surface area contributed by atoms with Crippen LogP contribution in [0.4, 0.5) is 16.2 Å². The van der Waals surface area contributed by atoms with Gasteiger partial charge in [-0.05, 0) is 45.2 Å². The Kier molecular flexibility index (Phi) is 8.34. The monoisotopic (exact) mass is 592 g/mol. The number of carbonyl (C=O) groups excluding carboxylic acids is 1. The average Bonchev–Trinajstić information content (AvgIpc) is 3.43. The molecule has 3 aromatic rings. The Morgan fingerprint density at radius 2 is 2.10 bits per heavy atom. The zero-order chi connectivity index (χ0) is 29.3. The first kappa shape index (κ1) is 29.0. The molecule has 2 aliphatic rings. The Morgan fingerprint density at radius 1 is 1.37 bits per heavy atom. The van der Waals surface area contributed by atoms with E-state index in [0.29, 0.717) is 11.3 Å². The van der Waals surface area contributed by atoms with E-state index in [-0.39, 0.29) is 23.4 Å². The van der Waals surface area contributed by atoms with Gasteiger partial charge in [-0.1, -0.05) is 18.2 Å². The summed E-state index contributed by atoms with van der Waals surface area (Å²) in [6.07, 6.45) is 0.132. The number of benzene rings is 1. The molecule has 0 spiro atoms. The van der Waals surface area contributed by atoms with Gasteiger partial charge >= 0.3 is 14.1 Å². The SMILES string of the molecule is COC(=O)[C@H](C)N(OC[C@H]1O[C@@H](n2cnc3c(NC4CCC4)nc(N)nc32)[C@](C)(F)[C@@H]1O)[P+](=O)Oc1ccccc1. The molecule has 5 rings (SSSR count). The highest BCUT2D eigenvalue weighted by atomic mass is 31.1. The fraction of sp³-hybridized carbons (Fsp3) is 0.520. The summed E-state index contributed by atoms with van der Waals surface area (Å²) in [5.74, 6) is -0.0776. The maximum Gasteiger partial charge on any atom is 0.693 e. The molecule has 4 N–H and O–H groups in total. The van der Waals surface area contributed by atoms with Crippen molar-refractivity contribution in [2.24, 2.45) is 0 Å². The van der Waals surface area contributed by atoms with E-state index in [2.05, 4.69) is 20.3 Å². The largest absolute Gasteiger partial charge is 0.693 e. The van der Waals surface area contributed by atoms with Crippen molar-refractivity contribution in [3.8, 4) is 5.75 Å². The number of aliphatic hydroxyl groups is 1. The van der Waals surface area contributed by atoms with E-state index in [4.69, 9.17) is 24.6 Å². The van der Waals surface area contributed by atoms with Gasteiger partial charge in [0, 0.05) is 10.6 Å². The van der Waals surface area contributed by atoms with Crippen molar-refractivity contribution < 1.29 is 37.7 Å². The maximum atomic E-state index is 16.1. The molecule has 0 amide bonds. The normalized spacial score (nSPS) is 25.6.